The summed E-state index contributed by atoms with van der Waals surface area (Å²) >= 11 is 0. The Balaban J connectivity index is 1.69. The van der Waals surface area contributed by atoms with Gasteiger partial charge >= 0.3 is 0 Å². The summed E-state index contributed by atoms with van der Waals surface area (Å²) in [7, 11) is 1.70. The Hall–Kier alpha value is -2.23. The normalized spacial score (nSPS) is 14.8. The summed E-state index contributed by atoms with van der Waals surface area (Å²) in [5.74, 6) is 2.64. The van der Waals surface area contributed by atoms with Crippen LogP contribution in [0.15, 0.2) is 41.4 Å². The van der Waals surface area contributed by atoms with E-state index in [1.165, 1.54) is 29.2 Å². The van der Waals surface area contributed by atoms with Gasteiger partial charge in [-0.05, 0) is 60.2 Å². The van der Waals surface area contributed by atoms with E-state index in [0.717, 1.165) is 30.7 Å². The molecule has 0 saturated heterocycles. The second-order valence-electron chi connectivity index (χ2n) is 6.07. The molecule has 1 fully saturated rings. The number of hydrogen-bond acceptors (Lipinski definition) is 2. The molecular weight excluding hydrogens is 286 g/mol. The highest BCUT2D eigenvalue weighted by Crippen LogP contribution is 2.27. The van der Waals surface area contributed by atoms with Gasteiger partial charge < -0.3 is 15.4 Å². The number of nitrogens with zero attached hydrogens (tertiary/aromatic N) is 1. The van der Waals surface area contributed by atoms with Crippen LogP contribution in [-0.2, 0) is 6.54 Å². The summed E-state index contributed by atoms with van der Waals surface area (Å²) in [6.45, 7) is 4.69. The smallest absolute Gasteiger partial charge is 0.191 e. The highest BCUT2D eigenvalue weighted by Gasteiger charge is 2.20. The molecule has 0 aliphatic heterocycles. The monoisotopic (exact) mass is 311 g/mol. The molecule has 0 bridgehead atoms. The summed E-state index contributed by atoms with van der Waals surface area (Å²) in [5, 5.41) is 9.15. The second kappa shape index (κ2) is 7.36. The van der Waals surface area contributed by atoms with Crippen molar-refractivity contribution in [1.82, 2.24) is 10.6 Å². The molecule has 23 heavy (non-hydrogen) atoms. The van der Waals surface area contributed by atoms with E-state index in [1.807, 2.05) is 6.07 Å². The Labute approximate surface area is 138 Å². The summed E-state index contributed by atoms with van der Waals surface area (Å²) in [6.07, 6.45) is 2.70. The third-order valence-corrected chi connectivity index (χ3v) is 4.13. The molecule has 0 atom stereocenters. The Morgan fingerprint density at radius 3 is 2.65 bits per heavy atom. The molecular formula is C19H25N3O. The third-order valence-electron chi connectivity index (χ3n) is 4.13. The van der Waals surface area contributed by atoms with Crippen LogP contribution in [0.5, 0.6) is 5.75 Å². The minimum absolute atomic E-state index is 0.683. The Morgan fingerprint density at radius 2 is 1.91 bits per heavy atom. The zero-order valence-corrected chi connectivity index (χ0v) is 13.9. The van der Waals surface area contributed by atoms with Gasteiger partial charge in [0.25, 0.3) is 0 Å². The van der Waals surface area contributed by atoms with Crippen LogP contribution < -0.4 is 15.4 Å². The minimum Gasteiger partial charge on any atom is -0.497 e. The Morgan fingerprint density at radius 1 is 1.13 bits per heavy atom. The first-order chi connectivity index (χ1) is 11.3. The molecule has 1 saturated carbocycles. The summed E-state index contributed by atoms with van der Waals surface area (Å²) < 4.78 is 5.27. The van der Waals surface area contributed by atoms with Gasteiger partial charge in [-0.25, -0.2) is 4.99 Å². The maximum absolute atomic E-state index is 5.27. The van der Waals surface area contributed by atoms with E-state index in [2.05, 4.69) is 47.9 Å². The van der Waals surface area contributed by atoms with Crippen LogP contribution in [0.4, 0.5) is 0 Å². The molecule has 2 N–H and O–H groups in total. The van der Waals surface area contributed by atoms with Crippen molar-refractivity contribution in [2.75, 3.05) is 20.2 Å². The molecule has 2 aromatic rings. The lowest BCUT2D eigenvalue weighted by Gasteiger charge is -2.11. The number of nitrogens with one attached hydrogen (secondary N) is 2. The molecule has 2 aromatic carbocycles. The van der Waals surface area contributed by atoms with Crippen molar-refractivity contribution in [2.45, 2.75) is 26.3 Å². The van der Waals surface area contributed by atoms with Gasteiger partial charge in [0, 0.05) is 13.1 Å². The summed E-state index contributed by atoms with van der Waals surface area (Å²) in [4.78, 5) is 4.69. The number of guanidine groups is 1. The predicted molar refractivity (Wildman–Crippen MR) is 96.0 cm³/mol. The molecule has 0 heterocycles. The van der Waals surface area contributed by atoms with Gasteiger partial charge in [-0.3, -0.25) is 0 Å². The lowest BCUT2D eigenvalue weighted by Crippen LogP contribution is -2.38. The Kier molecular flexibility index (Phi) is 5.01. The topological polar surface area (TPSA) is 45.7 Å². The van der Waals surface area contributed by atoms with Crippen LogP contribution in [0, 0.1) is 5.92 Å². The number of methoxy groups -OCH3 is 1. The maximum atomic E-state index is 5.27. The molecule has 1 aliphatic carbocycles. The standard InChI is InChI=1S/C19H25N3O/c1-3-20-19(21-12-14-4-5-14)22-13-15-6-7-17-11-18(23-2)9-8-16(17)10-15/h6-11,14H,3-5,12-13H2,1-2H3,(H2,20,21,22). The average Bonchev–Trinajstić information content (AvgIpc) is 3.41. The SMILES string of the molecule is CCNC(=NCc1ccc2cc(OC)ccc2c1)NCC1CC1. The summed E-state index contributed by atoms with van der Waals surface area (Å²) in [6, 6.07) is 12.6. The quantitative estimate of drug-likeness (QED) is 0.635. The molecule has 4 nitrogen and oxygen atoms in total. The first-order valence-electron chi connectivity index (χ1n) is 8.37. The van der Waals surface area contributed by atoms with Gasteiger partial charge in [-0.2, -0.15) is 0 Å². The first-order valence-corrected chi connectivity index (χ1v) is 8.37. The first kappa shape index (κ1) is 15.7. The third kappa shape index (κ3) is 4.38. The van der Waals surface area contributed by atoms with Crippen LogP contribution in [0.25, 0.3) is 10.8 Å². The molecule has 1 aliphatic rings. The van der Waals surface area contributed by atoms with E-state index < -0.39 is 0 Å². The number of benzene rings is 2. The lowest BCUT2D eigenvalue weighted by atomic mass is 10.1. The van der Waals surface area contributed by atoms with Crippen molar-refractivity contribution in [3.63, 3.8) is 0 Å². The molecule has 3 rings (SSSR count). The van der Waals surface area contributed by atoms with Crippen molar-refractivity contribution in [1.29, 1.82) is 0 Å². The molecule has 122 valence electrons. The number of hydrogen-bond donors (Lipinski definition) is 2. The maximum Gasteiger partial charge on any atom is 0.191 e. The average molecular weight is 311 g/mol. The van der Waals surface area contributed by atoms with Crippen LogP contribution >= 0.6 is 0 Å². The van der Waals surface area contributed by atoms with Crippen molar-refractivity contribution < 1.29 is 4.74 Å². The van der Waals surface area contributed by atoms with Gasteiger partial charge in [-0.1, -0.05) is 18.2 Å². The fraction of sp³-hybridized carbons (Fsp3) is 0.421. The number of rotatable bonds is 6. The Bertz CT molecular complexity index is 692. The molecule has 0 amide bonds. The fourth-order valence-electron chi connectivity index (χ4n) is 2.57. The highest BCUT2D eigenvalue weighted by molar-refractivity contribution is 5.84. The minimum atomic E-state index is 0.683. The number of aliphatic imine (C=N–C) groups is 1. The number of ether oxygens (including phenoxy) is 1. The lowest BCUT2D eigenvalue weighted by molar-refractivity contribution is 0.415. The molecule has 0 unspecified atom stereocenters. The van der Waals surface area contributed by atoms with E-state index in [0.29, 0.717) is 6.54 Å². The highest BCUT2D eigenvalue weighted by atomic mass is 16.5. The van der Waals surface area contributed by atoms with Gasteiger partial charge in [0.15, 0.2) is 5.96 Å². The largest absolute Gasteiger partial charge is 0.497 e. The molecule has 0 spiro atoms. The van der Waals surface area contributed by atoms with E-state index >= 15 is 0 Å². The van der Waals surface area contributed by atoms with Crippen molar-refractivity contribution >= 4 is 16.7 Å². The van der Waals surface area contributed by atoms with Crippen LogP contribution in [-0.4, -0.2) is 26.2 Å². The van der Waals surface area contributed by atoms with Crippen molar-refractivity contribution in [3.8, 4) is 5.75 Å². The van der Waals surface area contributed by atoms with E-state index in [-0.39, 0.29) is 0 Å². The van der Waals surface area contributed by atoms with Gasteiger partial charge in [0.1, 0.15) is 5.75 Å². The van der Waals surface area contributed by atoms with Crippen LogP contribution in [0.2, 0.25) is 0 Å². The van der Waals surface area contributed by atoms with Gasteiger partial charge in [0.05, 0.1) is 13.7 Å². The van der Waals surface area contributed by atoms with Gasteiger partial charge in [0.2, 0.25) is 0 Å². The summed E-state index contributed by atoms with van der Waals surface area (Å²) in [5.41, 5.74) is 1.21. The van der Waals surface area contributed by atoms with Crippen LogP contribution in [0.3, 0.4) is 0 Å². The van der Waals surface area contributed by atoms with Crippen molar-refractivity contribution in [2.24, 2.45) is 10.9 Å². The molecule has 0 aromatic heterocycles. The zero-order chi connectivity index (χ0) is 16.1. The molecule has 4 heteroatoms. The second-order valence-corrected chi connectivity index (χ2v) is 6.07. The molecule has 0 radical (unpaired) electrons. The predicted octanol–water partition coefficient (Wildman–Crippen LogP) is 3.31. The van der Waals surface area contributed by atoms with E-state index in [9.17, 15) is 0 Å². The number of fused-ring (bicyclic) bond motifs is 1. The fourth-order valence-corrected chi connectivity index (χ4v) is 2.57. The van der Waals surface area contributed by atoms with Gasteiger partial charge in [-0.15, -0.1) is 0 Å². The zero-order valence-electron chi connectivity index (χ0n) is 13.9. The van der Waals surface area contributed by atoms with Crippen LogP contribution in [0.1, 0.15) is 25.3 Å². The van der Waals surface area contributed by atoms with Crippen molar-refractivity contribution in [3.05, 3.63) is 42.0 Å². The van der Waals surface area contributed by atoms with E-state index in [1.54, 1.807) is 7.11 Å². The van der Waals surface area contributed by atoms with E-state index in [4.69, 9.17) is 9.73 Å².